The maximum absolute atomic E-state index is 12.3. The van der Waals surface area contributed by atoms with Crippen LogP contribution >= 0.6 is 0 Å². The van der Waals surface area contributed by atoms with E-state index in [1.807, 2.05) is 0 Å². The van der Waals surface area contributed by atoms with Gasteiger partial charge in [0.1, 0.15) is 0 Å². The van der Waals surface area contributed by atoms with Crippen molar-refractivity contribution in [1.29, 1.82) is 0 Å². The van der Waals surface area contributed by atoms with Gasteiger partial charge in [-0.15, -0.1) is 0 Å². The molecule has 0 spiro atoms. The molecule has 4 heteroatoms. The minimum absolute atomic E-state index is 0.125. The Morgan fingerprint density at radius 2 is 1.00 bits per heavy atom. The summed E-state index contributed by atoms with van der Waals surface area (Å²) in [6, 6.07) is 13.5. The van der Waals surface area contributed by atoms with Crippen molar-refractivity contribution in [2.75, 3.05) is 0 Å². The molecule has 0 atom stereocenters. The second kappa shape index (κ2) is 6.57. The lowest BCUT2D eigenvalue weighted by Crippen LogP contribution is -2.00. The number of carbonyl (C=O) groups excluding carboxylic acids is 4. The second-order valence-electron chi connectivity index (χ2n) is 6.27. The Morgan fingerprint density at radius 1 is 0.593 bits per heavy atom. The lowest BCUT2D eigenvalue weighted by molar-refractivity contribution is 0.0973. The van der Waals surface area contributed by atoms with Gasteiger partial charge < -0.3 is 0 Å². The number of ketones is 4. The molecule has 2 aromatic carbocycles. The van der Waals surface area contributed by atoms with Crippen molar-refractivity contribution in [2.45, 2.75) is 6.42 Å². The minimum atomic E-state index is -0.282. The number of carbonyl (C=O) groups is 4. The first kappa shape index (κ1) is 16.8. The number of benzene rings is 2. The highest BCUT2D eigenvalue weighted by molar-refractivity contribution is 6.40. The Balaban J connectivity index is 1.49. The molecule has 2 aromatic rings. The van der Waals surface area contributed by atoms with Crippen LogP contribution in [0.5, 0.6) is 0 Å². The summed E-state index contributed by atoms with van der Waals surface area (Å²) in [5.74, 6) is -1.09. The zero-order valence-electron chi connectivity index (χ0n) is 14.3. The van der Waals surface area contributed by atoms with Crippen LogP contribution in [-0.2, 0) is 0 Å². The number of Topliss-reactive ketones (excluding diaryl/α,β-unsaturated/α-hetero) is 4. The van der Waals surface area contributed by atoms with Gasteiger partial charge in [-0.25, -0.2) is 0 Å². The van der Waals surface area contributed by atoms with Gasteiger partial charge in [-0.05, 0) is 12.5 Å². The molecule has 0 bridgehead atoms. The number of hydrogen-bond acceptors (Lipinski definition) is 4. The van der Waals surface area contributed by atoms with E-state index in [1.165, 1.54) is 6.08 Å². The van der Waals surface area contributed by atoms with Crippen LogP contribution in [0.15, 0.2) is 84.0 Å². The van der Waals surface area contributed by atoms with Crippen molar-refractivity contribution in [3.8, 4) is 0 Å². The third-order valence-corrected chi connectivity index (χ3v) is 4.67. The standard InChI is InChI=1S/C23H14O4/c24-20-14-8-4-5-9-15(14)21(25)18(20)12-2-1-3-13-19-22(26)16-10-6-7-11-17(16)23(19)27/h1-2,4-13H,3H2. The van der Waals surface area contributed by atoms with Crippen LogP contribution in [0.3, 0.4) is 0 Å². The van der Waals surface area contributed by atoms with Crippen LogP contribution in [0.4, 0.5) is 0 Å². The molecule has 0 saturated carbocycles. The third kappa shape index (κ3) is 2.72. The molecule has 0 fully saturated rings. The van der Waals surface area contributed by atoms with E-state index in [2.05, 4.69) is 0 Å². The maximum atomic E-state index is 12.3. The summed E-state index contributed by atoms with van der Waals surface area (Å²) in [6.07, 6.45) is 6.71. The molecular weight excluding hydrogens is 340 g/mol. The molecule has 2 aliphatic carbocycles. The van der Waals surface area contributed by atoms with Gasteiger partial charge in [0.15, 0.2) is 23.1 Å². The fourth-order valence-corrected chi connectivity index (χ4v) is 3.31. The summed E-state index contributed by atoms with van der Waals surface area (Å²) in [4.78, 5) is 49.1. The van der Waals surface area contributed by atoms with Gasteiger partial charge in [0, 0.05) is 22.3 Å². The molecule has 4 nitrogen and oxygen atoms in total. The Morgan fingerprint density at radius 3 is 1.44 bits per heavy atom. The number of hydrogen-bond donors (Lipinski definition) is 0. The summed E-state index contributed by atoms with van der Waals surface area (Å²) < 4.78 is 0. The topological polar surface area (TPSA) is 68.3 Å². The fraction of sp³-hybridized carbons (Fsp3) is 0.0435. The Labute approximate surface area is 155 Å². The Kier molecular flexibility index (Phi) is 4.09. The highest BCUT2D eigenvalue weighted by Crippen LogP contribution is 2.27. The van der Waals surface area contributed by atoms with Crippen molar-refractivity contribution in [3.05, 3.63) is 106 Å². The molecule has 0 unspecified atom stereocenters. The van der Waals surface area contributed by atoms with E-state index in [1.54, 1.807) is 66.8 Å². The molecule has 0 heterocycles. The van der Waals surface area contributed by atoms with Crippen LogP contribution in [0.2, 0.25) is 0 Å². The molecule has 0 aromatic heterocycles. The molecule has 4 rings (SSSR count). The summed E-state index contributed by atoms with van der Waals surface area (Å²) in [5.41, 5.74) is 1.99. The van der Waals surface area contributed by atoms with E-state index in [9.17, 15) is 19.2 Å². The first-order valence-corrected chi connectivity index (χ1v) is 8.53. The minimum Gasteiger partial charge on any atom is -0.288 e. The molecule has 2 aliphatic rings. The van der Waals surface area contributed by atoms with Crippen molar-refractivity contribution in [1.82, 2.24) is 0 Å². The van der Waals surface area contributed by atoms with Crippen LogP contribution < -0.4 is 0 Å². The van der Waals surface area contributed by atoms with Gasteiger partial charge in [-0.3, -0.25) is 19.2 Å². The number of allylic oxidation sites excluding steroid dienone is 6. The maximum Gasteiger partial charge on any atom is 0.197 e. The van der Waals surface area contributed by atoms with Gasteiger partial charge in [-0.2, -0.15) is 0 Å². The van der Waals surface area contributed by atoms with Gasteiger partial charge in [0.05, 0.1) is 11.1 Å². The average molecular weight is 354 g/mol. The van der Waals surface area contributed by atoms with Crippen LogP contribution in [-0.4, -0.2) is 23.1 Å². The fourth-order valence-electron chi connectivity index (χ4n) is 3.31. The summed E-state index contributed by atoms with van der Waals surface area (Å²) in [5, 5.41) is 0. The van der Waals surface area contributed by atoms with Gasteiger partial charge >= 0.3 is 0 Å². The van der Waals surface area contributed by atoms with E-state index in [-0.39, 0.29) is 34.3 Å². The molecule has 0 N–H and O–H groups in total. The highest BCUT2D eigenvalue weighted by atomic mass is 16.2. The summed E-state index contributed by atoms with van der Waals surface area (Å²) >= 11 is 0. The molecule has 27 heavy (non-hydrogen) atoms. The normalized spacial score (nSPS) is 15.6. The predicted molar refractivity (Wildman–Crippen MR) is 100 cm³/mol. The van der Waals surface area contributed by atoms with Crippen molar-refractivity contribution in [2.24, 2.45) is 0 Å². The van der Waals surface area contributed by atoms with Crippen LogP contribution in [0, 0.1) is 0 Å². The third-order valence-electron chi connectivity index (χ3n) is 4.67. The SMILES string of the molecule is O=C1C(=CC=CCC=C2C(=O)c3ccccc3C2=O)C(=O)c2ccccc21. The monoisotopic (exact) mass is 354 g/mol. The quantitative estimate of drug-likeness (QED) is 0.618. The Hall–Kier alpha value is -3.66. The van der Waals surface area contributed by atoms with E-state index in [4.69, 9.17) is 0 Å². The molecule has 0 radical (unpaired) electrons. The van der Waals surface area contributed by atoms with Crippen molar-refractivity contribution in [3.63, 3.8) is 0 Å². The van der Waals surface area contributed by atoms with E-state index in [0.29, 0.717) is 28.7 Å². The van der Waals surface area contributed by atoms with E-state index < -0.39 is 0 Å². The predicted octanol–water partition coefficient (Wildman–Crippen LogP) is 3.94. The summed E-state index contributed by atoms with van der Waals surface area (Å²) in [7, 11) is 0. The van der Waals surface area contributed by atoms with Crippen LogP contribution in [0.1, 0.15) is 47.9 Å². The number of fused-ring (bicyclic) bond motifs is 2. The zero-order chi connectivity index (χ0) is 19.0. The largest absolute Gasteiger partial charge is 0.288 e. The molecular formula is C23H14O4. The Bertz CT molecular complexity index is 1040. The van der Waals surface area contributed by atoms with Crippen molar-refractivity contribution < 1.29 is 19.2 Å². The van der Waals surface area contributed by atoms with Crippen LogP contribution in [0.25, 0.3) is 0 Å². The second-order valence-corrected chi connectivity index (χ2v) is 6.27. The molecule has 130 valence electrons. The zero-order valence-corrected chi connectivity index (χ0v) is 14.3. The van der Waals surface area contributed by atoms with Gasteiger partial charge in [0.2, 0.25) is 0 Å². The molecule has 0 amide bonds. The lowest BCUT2D eigenvalue weighted by atomic mass is 10.1. The first-order valence-electron chi connectivity index (χ1n) is 8.53. The van der Waals surface area contributed by atoms with Crippen molar-refractivity contribution >= 4 is 23.1 Å². The average Bonchev–Trinajstić information content (AvgIpc) is 3.08. The molecule has 0 saturated heterocycles. The molecule has 0 aliphatic heterocycles. The first-order chi connectivity index (χ1) is 13.1. The van der Waals surface area contributed by atoms with Gasteiger partial charge in [0.25, 0.3) is 0 Å². The lowest BCUT2D eigenvalue weighted by Gasteiger charge is -1.92. The summed E-state index contributed by atoms with van der Waals surface area (Å²) in [6.45, 7) is 0. The van der Waals surface area contributed by atoms with E-state index in [0.717, 1.165) is 0 Å². The van der Waals surface area contributed by atoms with E-state index >= 15 is 0 Å². The number of rotatable bonds is 3. The smallest absolute Gasteiger partial charge is 0.197 e. The van der Waals surface area contributed by atoms with Gasteiger partial charge in [-0.1, -0.05) is 66.8 Å². The highest BCUT2D eigenvalue weighted by Gasteiger charge is 2.32.